The first-order chi connectivity index (χ1) is 8.26. The molecule has 2 saturated carbocycles. The average molecular weight is 238 g/mol. The lowest BCUT2D eigenvalue weighted by Gasteiger charge is -2.40. The van der Waals surface area contributed by atoms with Crippen molar-refractivity contribution >= 4 is 0 Å². The van der Waals surface area contributed by atoms with Gasteiger partial charge in [0.15, 0.2) is 0 Å². The molecule has 0 aromatic carbocycles. The first-order valence-electron chi connectivity index (χ1n) is 7.32. The lowest BCUT2D eigenvalue weighted by molar-refractivity contribution is -0.0604. The van der Waals surface area contributed by atoms with Crippen molar-refractivity contribution in [2.75, 3.05) is 26.2 Å². The van der Waals surface area contributed by atoms with E-state index in [1.807, 2.05) is 0 Å². The van der Waals surface area contributed by atoms with Crippen LogP contribution >= 0.6 is 0 Å². The Balaban J connectivity index is 1.56. The van der Waals surface area contributed by atoms with Crippen molar-refractivity contribution in [1.82, 2.24) is 4.90 Å². The summed E-state index contributed by atoms with van der Waals surface area (Å²) in [6.07, 6.45) is 6.27. The van der Waals surface area contributed by atoms with Crippen molar-refractivity contribution in [3.63, 3.8) is 0 Å². The summed E-state index contributed by atoms with van der Waals surface area (Å²) in [5, 5.41) is 0. The van der Waals surface area contributed by atoms with E-state index in [-0.39, 0.29) is 6.10 Å². The molecular weight excluding hydrogens is 212 g/mol. The summed E-state index contributed by atoms with van der Waals surface area (Å²) in [7, 11) is 0. The van der Waals surface area contributed by atoms with Crippen molar-refractivity contribution in [2.45, 2.75) is 44.8 Å². The number of hydrogen-bond donors (Lipinski definition) is 1. The molecule has 5 atom stereocenters. The monoisotopic (exact) mass is 238 g/mol. The Labute approximate surface area is 105 Å². The molecule has 2 bridgehead atoms. The van der Waals surface area contributed by atoms with Gasteiger partial charge < -0.3 is 10.5 Å². The Morgan fingerprint density at radius 1 is 1.29 bits per heavy atom. The molecule has 2 aliphatic carbocycles. The fraction of sp³-hybridized carbons (Fsp3) is 1.00. The maximum absolute atomic E-state index is 5.73. The zero-order chi connectivity index (χ0) is 11.8. The van der Waals surface area contributed by atoms with Gasteiger partial charge in [0, 0.05) is 25.7 Å². The summed E-state index contributed by atoms with van der Waals surface area (Å²) in [6, 6.07) is 0.580. The van der Waals surface area contributed by atoms with Gasteiger partial charge in [-0.05, 0) is 43.9 Å². The van der Waals surface area contributed by atoms with E-state index < -0.39 is 0 Å². The molecule has 17 heavy (non-hydrogen) atoms. The second-order valence-corrected chi connectivity index (χ2v) is 6.43. The van der Waals surface area contributed by atoms with Crippen LogP contribution in [0.3, 0.4) is 0 Å². The van der Waals surface area contributed by atoms with Gasteiger partial charge in [-0.1, -0.05) is 6.42 Å². The van der Waals surface area contributed by atoms with E-state index in [0.29, 0.717) is 12.6 Å². The molecule has 3 nitrogen and oxygen atoms in total. The SMILES string of the molecule is CC1COC(CN)CN1CC1CC2CCC1C2. The average Bonchev–Trinajstić information content (AvgIpc) is 2.94. The molecule has 0 aromatic heterocycles. The second kappa shape index (κ2) is 4.87. The standard InChI is InChI=1S/C14H26N2O/c1-10-9-17-14(6-15)8-16(10)7-13-5-11-2-3-12(13)4-11/h10-14H,2-9,15H2,1H3. The number of nitrogens with zero attached hydrogens (tertiary/aromatic N) is 1. The van der Waals surface area contributed by atoms with Gasteiger partial charge in [-0.2, -0.15) is 0 Å². The van der Waals surface area contributed by atoms with Crippen LogP contribution in [0.5, 0.6) is 0 Å². The first-order valence-corrected chi connectivity index (χ1v) is 7.32. The number of hydrogen-bond acceptors (Lipinski definition) is 3. The molecule has 3 rings (SSSR count). The van der Waals surface area contributed by atoms with Crippen molar-refractivity contribution in [3.05, 3.63) is 0 Å². The summed E-state index contributed by atoms with van der Waals surface area (Å²) in [6.45, 7) is 6.16. The van der Waals surface area contributed by atoms with Crippen LogP contribution in [0, 0.1) is 17.8 Å². The quantitative estimate of drug-likeness (QED) is 0.809. The van der Waals surface area contributed by atoms with Gasteiger partial charge in [0.25, 0.3) is 0 Å². The lowest BCUT2D eigenvalue weighted by Crippen LogP contribution is -2.52. The third-order valence-electron chi connectivity index (χ3n) is 5.25. The Morgan fingerprint density at radius 3 is 2.82 bits per heavy atom. The van der Waals surface area contributed by atoms with E-state index in [1.165, 1.54) is 32.2 Å². The molecule has 3 fully saturated rings. The molecule has 0 amide bonds. The normalized spacial score (nSPS) is 46.6. The highest BCUT2D eigenvalue weighted by Gasteiger charge is 2.41. The van der Waals surface area contributed by atoms with Gasteiger partial charge in [0.2, 0.25) is 0 Å². The van der Waals surface area contributed by atoms with Gasteiger partial charge in [0.05, 0.1) is 12.7 Å². The predicted octanol–water partition coefficient (Wildman–Crippen LogP) is 1.47. The number of rotatable bonds is 3. The molecule has 0 aromatic rings. The highest BCUT2D eigenvalue weighted by atomic mass is 16.5. The van der Waals surface area contributed by atoms with Crippen molar-refractivity contribution in [1.29, 1.82) is 0 Å². The van der Waals surface area contributed by atoms with Crippen molar-refractivity contribution in [2.24, 2.45) is 23.5 Å². The molecule has 1 saturated heterocycles. The maximum atomic E-state index is 5.73. The Morgan fingerprint density at radius 2 is 2.18 bits per heavy atom. The van der Waals surface area contributed by atoms with Gasteiger partial charge in [0.1, 0.15) is 0 Å². The second-order valence-electron chi connectivity index (χ2n) is 6.43. The summed E-state index contributed by atoms with van der Waals surface area (Å²) in [4.78, 5) is 2.63. The first kappa shape index (κ1) is 11.9. The number of morpholine rings is 1. The minimum Gasteiger partial charge on any atom is -0.374 e. The fourth-order valence-electron chi connectivity index (χ4n) is 4.17. The topological polar surface area (TPSA) is 38.5 Å². The van der Waals surface area contributed by atoms with E-state index in [4.69, 9.17) is 10.5 Å². The van der Waals surface area contributed by atoms with Crippen LogP contribution in [0.2, 0.25) is 0 Å². The van der Waals surface area contributed by atoms with E-state index >= 15 is 0 Å². The molecule has 3 heteroatoms. The molecule has 2 N–H and O–H groups in total. The fourth-order valence-corrected chi connectivity index (χ4v) is 4.17. The molecule has 0 spiro atoms. The van der Waals surface area contributed by atoms with E-state index in [0.717, 1.165) is 30.9 Å². The molecule has 5 unspecified atom stereocenters. The van der Waals surface area contributed by atoms with E-state index in [9.17, 15) is 0 Å². The van der Waals surface area contributed by atoms with E-state index in [1.54, 1.807) is 0 Å². The summed E-state index contributed by atoms with van der Waals surface area (Å²) >= 11 is 0. The zero-order valence-corrected chi connectivity index (χ0v) is 11.0. The highest BCUT2D eigenvalue weighted by molar-refractivity contribution is 4.92. The van der Waals surface area contributed by atoms with E-state index in [2.05, 4.69) is 11.8 Å². The summed E-state index contributed by atoms with van der Waals surface area (Å²) in [5.41, 5.74) is 5.73. The number of nitrogens with two attached hydrogens (primary N) is 1. The van der Waals surface area contributed by atoms with Crippen LogP contribution in [0.15, 0.2) is 0 Å². The number of fused-ring (bicyclic) bond motifs is 2. The predicted molar refractivity (Wildman–Crippen MR) is 68.8 cm³/mol. The Hall–Kier alpha value is -0.120. The number of ether oxygens (including phenoxy) is 1. The largest absolute Gasteiger partial charge is 0.374 e. The van der Waals surface area contributed by atoms with Crippen LogP contribution in [-0.2, 0) is 4.74 Å². The molecule has 0 radical (unpaired) electrons. The Bertz CT molecular complexity index is 271. The molecular formula is C14H26N2O. The Kier molecular flexibility index (Phi) is 3.42. The highest BCUT2D eigenvalue weighted by Crippen LogP contribution is 2.48. The summed E-state index contributed by atoms with van der Waals surface area (Å²) in [5.74, 6) is 3.06. The van der Waals surface area contributed by atoms with Crippen LogP contribution in [0.4, 0.5) is 0 Å². The minimum atomic E-state index is 0.268. The molecule has 98 valence electrons. The maximum Gasteiger partial charge on any atom is 0.0824 e. The zero-order valence-electron chi connectivity index (χ0n) is 11.0. The van der Waals surface area contributed by atoms with Gasteiger partial charge in [-0.25, -0.2) is 0 Å². The van der Waals surface area contributed by atoms with Crippen molar-refractivity contribution < 1.29 is 4.74 Å². The van der Waals surface area contributed by atoms with Gasteiger partial charge >= 0.3 is 0 Å². The van der Waals surface area contributed by atoms with Crippen LogP contribution in [0.1, 0.15) is 32.6 Å². The smallest absolute Gasteiger partial charge is 0.0824 e. The third-order valence-corrected chi connectivity index (χ3v) is 5.25. The molecule has 1 heterocycles. The van der Waals surface area contributed by atoms with Crippen molar-refractivity contribution in [3.8, 4) is 0 Å². The molecule has 3 aliphatic rings. The van der Waals surface area contributed by atoms with Crippen LogP contribution < -0.4 is 5.73 Å². The van der Waals surface area contributed by atoms with Crippen LogP contribution in [-0.4, -0.2) is 43.3 Å². The van der Waals surface area contributed by atoms with Gasteiger partial charge in [-0.15, -0.1) is 0 Å². The third kappa shape index (κ3) is 2.38. The lowest BCUT2D eigenvalue weighted by atomic mass is 9.88. The van der Waals surface area contributed by atoms with Gasteiger partial charge in [-0.3, -0.25) is 4.90 Å². The molecule has 1 aliphatic heterocycles. The minimum absolute atomic E-state index is 0.268. The summed E-state index contributed by atoms with van der Waals surface area (Å²) < 4.78 is 5.73. The van der Waals surface area contributed by atoms with Crippen LogP contribution in [0.25, 0.3) is 0 Å².